The second-order valence-corrected chi connectivity index (χ2v) is 13.9. The van der Waals surface area contributed by atoms with Crippen LogP contribution in [0.3, 0.4) is 0 Å². The van der Waals surface area contributed by atoms with Gasteiger partial charge in [0.15, 0.2) is 0 Å². The Labute approximate surface area is 191 Å². The van der Waals surface area contributed by atoms with E-state index in [2.05, 4.69) is 93.6 Å². The molecule has 142 valence electrons. The minimum absolute atomic E-state index is 0. The first-order valence-electron chi connectivity index (χ1n) is 8.99. The fourth-order valence-electron chi connectivity index (χ4n) is 2.67. The fourth-order valence-corrected chi connectivity index (χ4v) is 3.17. The van der Waals surface area contributed by atoms with Gasteiger partial charge in [0.2, 0.25) is 0 Å². The SMILES string of the molecule is CC1=[C-]CC=C1.CC[Si](=[Zr+2])CC.[Cl-].[Cl-].c1ccc2c(c1)[cH-]c1ccccc12. The Morgan fingerprint density at radius 1 is 0.926 bits per heavy atom. The van der Waals surface area contributed by atoms with Crippen LogP contribution in [0.5, 0.6) is 0 Å². The average Bonchev–Trinajstić information content (AvgIpc) is 3.28. The van der Waals surface area contributed by atoms with Crippen molar-refractivity contribution >= 4 is 27.0 Å². The summed E-state index contributed by atoms with van der Waals surface area (Å²) in [7, 11) is 0. The second kappa shape index (κ2) is 14.5. The molecule has 0 aliphatic heterocycles. The number of fused-ring (bicyclic) bond motifs is 3. The van der Waals surface area contributed by atoms with Gasteiger partial charge in [-0.25, -0.2) is 11.6 Å². The van der Waals surface area contributed by atoms with Crippen molar-refractivity contribution in [3.63, 3.8) is 0 Å². The number of hydrogen-bond donors (Lipinski definition) is 0. The summed E-state index contributed by atoms with van der Waals surface area (Å²) in [6.07, 6.45) is 8.33. The molecule has 0 saturated carbocycles. The molecule has 3 aromatic carbocycles. The van der Waals surface area contributed by atoms with Gasteiger partial charge in [0.25, 0.3) is 0 Å². The third-order valence-electron chi connectivity index (χ3n) is 4.24. The van der Waals surface area contributed by atoms with E-state index in [0.29, 0.717) is 0 Å². The van der Waals surface area contributed by atoms with E-state index in [4.69, 9.17) is 0 Å². The van der Waals surface area contributed by atoms with Gasteiger partial charge in [-0.3, -0.25) is 6.08 Å². The van der Waals surface area contributed by atoms with E-state index < -0.39 is 0 Å². The van der Waals surface area contributed by atoms with Crippen LogP contribution in [0.25, 0.3) is 21.5 Å². The first kappa shape index (κ1) is 26.5. The number of hydrogen-bond acceptors (Lipinski definition) is 0. The van der Waals surface area contributed by atoms with Crippen LogP contribution in [0.1, 0.15) is 27.2 Å². The molecule has 0 N–H and O–H groups in total. The molecule has 27 heavy (non-hydrogen) atoms. The second-order valence-electron chi connectivity index (χ2n) is 6.10. The van der Waals surface area contributed by atoms with Crippen LogP contribution in [0, 0.1) is 6.08 Å². The molecule has 0 atom stereocenters. The van der Waals surface area contributed by atoms with E-state index in [-0.39, 0.29) is 30.2 Å². The molecule has 0 amide bonds. The fraction of sp³-hybridized carbons (Fsp3) is 0.261. The Bertz CT molecular complexity index is 834. The van der Waals surface area contributed by atoms with Gasteiger partial charge in [-0.1, -0.05) is 43.3 Å². The average molecular weight is 493 g/mol. The molecule has 0 spiro atoms. The minimum Gasteiger partial charge on any atom is -1.00 e. The minimum atomic E-state index is 0. The van der Waals surface area contributed by atoms with Crippen molar-refractivity contribution < 1.29 is 48.1 Å². The standard InChI is InChI=1S/C13H9.C6H7.C4H10Si.2ClH.Zr/c1-3-7-12-10(5-1)9-11-6-2-4-8-13(11)12;1-6-4-2-3-5-6;1-3-5-4-2;;;/h1-9H;2,4H,3H2,1H3;3-4H2,1-2H3;2*1H;/q2*-1;;;;+2/p-2. The Morgan fingerprint density at radius 3 is 1.70 bits per heavy atom. The maximum Gasteiger partial charge on any atom is -0.0771 e. The summed E-state index contributed by atoms with van der Waals surface area (Å²) < 4.78 is 0. The molecule has 0 bridgehead atoms. The molecule has 3 aromatic rings. The Morgan fingerprint density at radius 2 is 1.41 bits per heavy atom. The maximum absolute atomic E-state index is 3.12. The number of rotatable bonds is 2. The molecule has 0 unspecified atom stereocenters. The summed E-state index contributed by atoms with van der Waals surface area (Å²) in [5.74, 6) is 0. The van der Waals surface area contributed by atoms with Crippen molar-refractivity contribution in [3.8, 4) is 0 Å². The molecule has 0 fully saturated rings. The van der Waals surface area contributed by atoms with Gasteiger partial charge in [-0.05, 0) is 0 Å². The molecule has 0 radical (unpaired) electrons. The van der Waals surface area contributed by atoms with Crippen molar-refractivity contribution in [3.05, 3.63) is 78.4 Å². The van der Waals surface area contributed by atoms with Crippen molar-refractivity contribution in [2.24, 2.45) is 0 Å². The Kier molecular flexibility index (Phi) is 14.2. The van der Waals surface area contributed by atoms with Crippen molar-refractivity contribution in [1.29, 1.82) is 0 Å². The molecule has 4 rings (SSSR count). The van der Waals surface area contributed by atoms with Gasteiger partial charge < -0.3 is 24.8 Å². The summed E-state index contributed by atoms with van der Waals surface area (Å²) in [5.41, 5.74) is 1.49. The largest absolute Gasteiger partial charge is 1.00 e. The van der Waals surface area contributed by atoms with Crippen LogP contribution < -0.4 is 24.8 Å². The van der Waals surface area contributed by atoms with E-state index in [0.717, 1.165) is 6.42 Å². The first-order valence-corrected chi connectivity index (χ1v) is 14.6. The summed E-state index contributed by atoms with van der Waals surface area (Å²) >= 11 is 1.80. The van der Waals surface area contributed by atoms with E-state index in [9.17, 15) is 0 Å². The zero-order chi connectivity index (χ0) is 18.1. The molecular formula is C23H26Cl2SiZr-2. The van der Waals surface area contributed by atoms with Crippen molar-refractivity contribution in [1.82, 2.24) is 0 Å². The van der Waals surface area contributed by atoms with E-state index in [1.807, 2.05) is 0 Å². The molecule has 0 saturated heterocycles. The van der Waals surface area contributed by atoms with Gasteiger partial charge in [0.1, 0.15) is 0 Å². The van der Waals surface area contributed by atoms with E-state index >= 15 is 0 Å². The molecule has 0 nitrogen and oxygen atoms in total. The van der Waals surface area contributed by atoms with Crippen LogP contribution in [-0.2, 0) is 23.3 Å². The summed E-state index contributed by atoms with van der Waals surface area (Å²) in [6, 6.07) is 22.2. The number of halogens is 2. The van der Waals surface area contributed by atoms with Gasteiger partial charge in [-0.15, -0.1) is 46.2 Å². The maximum atomic E-state index is 3.12. The normalized spacial score (nSPS) is 11.4. The van der Waals surface area contributed by atoms with Crippen LogP contribution >= 0.6 is 0 Å². The van der Waals surface area contributed by atoms with Crippen molar-refractivity contribution in [2.75, 3.05) is 0 Å². The Hall–Kier alpha value is -0.530. The topological polar surface area (TPSA) is 0 Å². The van der Waals surface area contributed by atoms with E-state index in [1.54, 1.807) is 23.3 Å². The molecule has 4 heteroatoms. The van der Waals surface area contributed by atoms with Crippen LogP contribution in [-0.4, -0.2) is 5.43 Å². The van der Waals surface area contributed by atoms with Crippen LogP contribution in [0.15, 0.2) is 72.3 Å². The van der Waals surface area contributed by atoms with E-state index in [1.165, 1.54) is 39.2 Å². The number of benzene rings is 2. The third-order valence-corrected chi connectivity index (χ3v) is 11.2. The quantitative estimate of drug-likeness (QED) is 0.370. The summed E-state index contributed by atoms with van der Waals surface area (Å²) in [4.78, 5) is 0. The molecule has 0 aromatic heterocycles. The zero-order valence-electron chi connectivity index (χ0n) is 16.2. The Balaban J connectivity index is 0.000000415. The van der Waals surface area contributed by atoms with Crippen LogP contribution in [0.2, 0.25) is 12.1 Å². The first-order chi connectivity index (χ1) is 12.2. The van der Waals surface area contributed by atoms with Crippen LogP contribution in [0.4, 0.5) is 0 Å². The summed E-state index contributed by atoms with van der Waals surface area (Å²) in [6.45, 7) is 6.66. The van der Waals surface area contributed by atoms with Gasteiger partial charge in [-0.2, -0.15) is 6.08 Å². The predicted octanol–water partition coefficient (Wildman–Crippen LogP) is 0.980. The molecular weight excluding hydrogens is 466 g/mol. The smallest absolute Gasteiger partial charge is 0.0771 e. The van der Waals surface area contributed by atoms with Crippen molar-refractivity contribution in [2.45, 2.75) is 39.3 Å². The molecule has 1 aliphatic carbocycles. The van der Waals surface area contributed by atoms with Gasteiger partial charge in [0, 0.05) is 0 Å². The summed E-state index contributed by atoms with van der Waals surface area (Å²) in [5, 5.41) is 5.39. The number of allylic oxidation sites excluding steroid dienone is 4. The molecule has 0 heterocycles. The molecule has 1 aliphatic rings. The monoisotopic (exact) mass is 490 g/mol. The van der Waals surface area contributed by atoms with Gasteiger partial charge in [0.05, 0.1) is 0 Å². The van der Waals surface area contributed by atoms with Gasteiger partial charge >= 0.3 is 54.7 Å². The zero-order valence-corrected chi connectivity index (χ0v) is 21.2. The predicted molar refractivity (Wildman–Crippen MR) is 110 cm³/mol. The third kappa shape index (κ3) is 8.57.